The largest absolute Gasteiger partial charge is 0.478 e. The third-order valence-corrected chi connectivity index (χ3v) is 3.92. The van der Waals surface area contributed by atoms with Crippen LogP contribution in [0, 0.1) is 4.77 Å². The standard InChI is InChI=1S/C12H10ClN3O4S/c1-14-10(19)16(11(20)15(2)12(14)21)7-5-3-4-6(8(7)13)9(17)18/h3-5H,1-2H3,(H,17,18). The second-order valence-corrected chi connectivity index (χ2v) is 4.99. The average molecular weight is 328 g/mol. The third kappa shape index (κ3) is 2.32. The Morgan fingerprint density at radius 1 is 1.19 bits per heavy atom. The van der Waals surface area contributed by atoms with Crippen molar-refractivity contribution < 1.29 is 9.90 Å². The number of halogens is 1. The summed E-state index contributed by atoms with van der Waals surface area (Å²) in [5.41, 5.74) is -1.61. The van der Waals surface area contributed by atoms with Crippen molar-refractivity contribution in [1.29, 1.82) is 0 Å². The quantitative estimate of drug-likeness (QED) is 0.830. The lowest BCUT2D eigenvalue weighted by molar-refractivity contribution is 0.0697. The fourth-order valence-electron chi connectivity index (χ4n) is 1.83. The van der Waals surface area contributed by atoms with Gasteiger partial charge in [0.05, 0.1) is 16.3 Å². The van der Waals surface area contributed by atoms with E-state index >= 15 is 0 Å². The van der Waals surface area contributed by atoms with Gasteiger partial charge in [-0.2, -0.15) is 0 Å². The molecular formula is C12H10ClN3O4S. The molecule has 0 spiro atoms. The van der Waals surface area contributed by atoms with E-state index in [9.17, 15) is 14.4 Å². The number of hydrogen-bond donors (Lipinski definition) is 1. The molecule has 1 aromatic carbocycles. The Labute approximate surface area is 128 Å². The lowest BCUT2D eigenvalue weighted by atomic mass is 10.2. The maximum Gasteiger partial charge on any atom is 0.338 e. The van der Waals surface area contributed by atoms with Gasteiger partial charge in [-0.05, 0) is 24.4 Å². The molecule has 9 heteroatoms. The second-order valence-electron chi connectivity index (χ2n) is 4.25. The van der Waals surface area contributed by atoms with Gasteiger partial charge in [-0.15, -0.1) is 0 Å². The van der Waals surface area contributed by atoms with E-state index in [0.717, 1.165) is 13.7 Å². The number of carboxylic acids is 1. The Hall–Kier alpha value is -2.19. The van der Waals surface area contributed by atoms with Gasteiger partial charge >= 0.3 is 17.3 Å². The monoisotopic (exact) mass is 327 g/mol. The molecule has 0 saturated heterocycles. The number of carboxylic acid groups (broad SMARTS) is 1. The molecule has 0 atom stereocenters. The molecule has 1 aromatic heterocycles. The van der Waals surface area contributed by atoms with Crippen LogP contribution in [0.3, 0.4) is 0 Å². The summed E-state index contributed by atoms with van der Waals surface area (Å²) in [5, 5.41) is 8.86. The summed E-state index contributed by atoms with van der Waals surface area (Å²) in [6.07, 6.45) is 0. The molecule has 1 heterocycles. The van der Waals surface area contributed by atoms with Crippen molar-refractivity contribution in [3.63, 3.8) is 0 Å². The average Bonchev–Trinajstić information content (AvgIpc) is 2.44. The molecule has 21 heavy (non-hydrogen) atoms. The highest BCUT2D eigenvalue weighted by molar-refractivity contribution is 7.71. The van der Waals surface area contributed by atoms with Gasteiger partial charge in [0.2, 0.25) is 0 Å². The van der Waals surface area contributed by atoms with E-state index in [1.165, 1.54) is 32.3 Å². The van der Waals surface area contributed by atoms with Gasteiger partial charge in [0.25, 0.3) is 0 Å². The van der Waals surface area contributed by atoms with E-state index in [1.807, 2.05) is 0 Å². The van der Waals surface area contributed by atoms with Crippen LogP contribution in [-0.2, 0) is 14.1 Å². The maximum atomic E-state index is 12.2. The van der Waals surface area contributed by atoms with E-state index in [0.29, 0.717) is 0 Å². The number of carbonyl (C=O) groups is 1. The van der Waals surface area contributed by atoms with Crippen molar-refractivity contribution >= 4 is 29.8 Å². The Bertz CT molecular complexity index is 885. The highest BCUT2D eigenvalue weighted by atomic mass is 35.5. The molecule has 0 aliphatic heterocycles. The van der Waals surface area contributed by atoms with Crippen molar-refractivity contribution in [3.8, 4) is 5.69 Å². The minimum Gasteiger partial charge on any atom is -0.478 e. The van der Waals surface area contributed by atoms with Crippen LogP contribution in [0.25, 0.3) is 5.69 Å². The Kier molecular flexibility index (Phi) is 3.84. The van der Waals surface area contributed by atoms with Gasteiger partial charge in [0.15, 0.2) is 4.77 Å². The molecule has 0 unspecified atom stereocenters. The van der Waals surface area contributed by atoms with Crippen LogP contribution in [0.15, 0.2) is 27.8 Å². The lowest BCUT2D eigenvalue weighted by Crippen LogP contribution is -2.43. The van der Waals surface area contributed by atoms with Crippen LogP contribution in [-0.4, -0.2) is 24.8 Å². The van der Waals surface area contributed by atoms with Crippen LogP contribution in [0.2, 0.25) is 5.02 Å². The fraction of sp³-hybridized carbons (Fsp3) is 0.167. The number of rotatable bonds is 2. The second kappa shape index (κ2) is 5.30. The minimum absolute atomic E-state index is 0.00670. The van der Waals surface area contributed by atoms with E-state index in [1.54, 1.807) is 0 Å². The van der Waals surface area contributed by atoms with Gasteiger partial charge in [-0.1, -0.05) is 17.7 Å². The lowest BCUT2D eigenvalue weighted by Gasteiger charge is -2.12. The van der Waals surface area contributed by atoms with Crippen molar-refractivity contribution in [1.82, 2.24) is 13.7 Å². The molecule has 0 saturated carbocycles. The first-order valence-corrected chi connectivity index (χ1v) is 6.47. The van der Waals surface area contributed by atoms with Gasteiger partial charge in [0.1, 0.15) is 0 Å². The zero-order valence-corrected chi connectivity index (χ0v) is 12.6. The van der Waals surface area contributed by atoms with Gasteiger partial charge in [-0.25, -0.2) is 19.0 Å². The zero-order chi connectivity index (χ0) is 15.9. The number of aromatic nitrogens is 3. The van der Waals surface area contributed by atoms with Crippen LogP contribution in [0.1, 0.15) is 10.4 Å². The summed E-state index contributed by atoms with van der Waals surface area (Å²) in [5.74, 6) is -1.25. The van der Waals surface area contributed by atoms with Gasteiger partial charge < -0.3 is 5.11 Å². The smallest absolute Gasteiger partial charge is 0.338 e. The molecule has 0 fully saturated rings. The first kappa shape index (κ1) is 15.2. The van der Waals surface area contributed by atoms with Gasteiger partial charge in [0, 0.05) is 14.1 Å². The predicted octanol–water partition coefficient (Wildman–Crippen LogP) is 0.956. The summed E-state index contributed by atoms with van der Waals surface area (Å²) in [6.45, 7) is 0. The van der Waals surface area contributed by atoms with E-state index in [-0.39, 0.29) is 21.0 Å². The topological polar surface area (TPSA) is 86.2 Å². The molecule has 0 aliphatic rings. The van der Waals surface area contributed by atoms with Crippen LogP contribution < -0.4 is 11.4 Å². The van der Waals surface area contributed by atoms with Crippen molar-refractivity contribution in [3.05, 3.63) is 54.5 Å². The van der Waals surface area contributed by atoms with Crippen molar-refractivity contribution in [2.24, 2.45) is 14.1 Å². The van der Waals surface area contributed by atoms with E-state index in [4.69, 9.17) is 28.9 Å². The Balaban J connectivity index is 2.97. The van der Waals surface area contributed by atoms with E-state index < -0.39 is 17.3 Å². The molecule has 0 bridgehead atoms. The summed E-state index contributed by atoms with van der Waals surface area (Å²) < 4.78 is 3.03. The molecule has 110 valence electrons. The molecule has 0 amide bonds. The number of benzene rings is 1. The SMILES string of the molecule is Cn1c(=S)n(C)c(=O)n(-c2cccc(C(=O)O)c2Cl)c1=O. The Morgan fingerprint density at radius 3 is 2.19 bits per heavy atom. The Morgan fingerprint density at radius 2 is 1.71 bits per heavy atom. The van der Waals surface area contributed by atoms with Crippen molar-refractivity contribution in [2.75, 3.05) is 0 Å². The van der Waals surface area contributed by atoms with Crippen LogP contribution >= 0.6 is 23.8 Å². The van der Waals surface area contributed by atoms with Crippen LogP contribution in [0.4, 0.5) is 0 Å². The predicted molar refractivity (Wildman–Crippen MR) is 79.1 cm³/mol. The first-order valence-electron chi connectivity index (χ1n) is 5.68. The van der Waals surface area contributed by atoms with E-state index in [2.05, 4.69) is 0 Å². The minimum atomic E-state index is -1.25. The zero-order valence-electron chi connectivity index (χ0n) is 11.0. The highest BCUT2D eigenvalue weighted by Crippen LogP contribution is 2.22. The number of nitrogens with zero attached hydrogens (tertiary/aromatic N) is 3. The molecule has 0 aliphatic carbocycles. The molecule has 2 aromatic rings. The number of hydrogen-bond acceptors (Lipinski definition) is 4. The van der Waals surface area contributed by atoms with Crippen molar-refractivity contribution in [2.45, 2.75) is 0 Å². The molecule has 0 radical (unpaired) electrons. The molecule has 2 rings (SSSR count). The highest BCUT2D eigenvalue weighted by Gasteiger charge is 2.17. The fourth-order valence-corrected chi connectivity index (χ4v) is 2.28. The normalized spacial score (nSPS) is 10.6. The summed E-state index contributed by atoms with van der Waals surface area (Å²) >= 11 is 11.0. The maximum absolute atomic E-state index is 12.2. The number of aromatic carboxylic acids is 1. The molecular weight excluding hydrogens is 318 g/mol. The first-order chi connectivity index (χ1) is 9.77. The molecule has 7 nitrogen and oxygen atoms in total. The van der Waals surface area contributed by atoms with Gasteiger partial charge in [-0.3, -0.25) is 9.13 Å². The summed E-state index contributed by atoms with van der Waals surface area (Å²) in [4.78, 5) is 35.6. The summed E-state index contributed by atoms with van der Waals surface area (Å²) in [6, 6.07) is 4.07. The van der Waals surface area contributed by atoms with Crippen LogP contribution in [0.5, 0.6) is 0 Å². The molecule has 1 N–H and O–H groups in total. The summed E-state index contributed by atoms with van der Waals surface area (Å²) in [7, 11) is 2.82. The third-order valence-electron chi connectivity index (χ3n) is 2.98.